The molecule has 0 saturated carbocycles. The Morgan fingerprint density at radius 1 is 1.00 bits per heavy atom. The predicted octanol–water partition coefficient (Wildman–Crippen LogP) is 3.51. The van der Waals surface area contributed by atoms with Crippen LogP contribution < -0.4 is 0 Å². The Kier molecular flexibility index (Phi) is 7.32. The van der Waals surface area contributed by atoms with Crippen molar-refractivity contribution in [3.8, 4) is 0 Å². The average Bonchev–Trinajstić information content (AvgIpc) is 3.01. The van der Waals surface area contributed by atoms with Gasteiger partial charge >= 0.3 is 6.03 Å². The van der Waals surface area contributed by atoms with Crippen LogP contribution in [0.3, 0.4) is 0 Å². The number of hydrogen-bond acceptors (Lipinski definition) is 5. The van der Waals surface area contributed by atoms with E-state index in [1.807, 2.05) is 23.1 Å². The monoisotopic (exact) mass is 453 g/mol. The Morgan fingerprint density at radius 3 is 2.42 bits per heavy atom. The fraction of sp³-hybridized carbons (Fsp3) is 0.538. The first-order valence-electron chi connectivity index (χ1n) is 11.8. The molecule has 2 fully saturated rings. The molecule has 0 unspecified atom stereocenters. The molecule has 0 aromatic heterocycles. The minimum absolute atomic E-state index is 0.0582. The van der Waals surface area contributed by atoms with Crippen molar-refractivity contribution < 1.29 is 19.1 Å². The van der Waals surface area contributed by atoms with Crippen LogP contribution in [0.1, 0.15) is 31.7 Å². The van der Waals surface area contributed by atoms with Gasteiger partial charge in [0, 0.05) is 46.5 Å². The molecule has 0 N–H and O–H groups in total. The molecule has 2 aliphatic heterocycles. The Hall–Kier alpha value is -2.48. The van der Waals surface area contributed by atoms with Gasteiger partial charge in [-0.3, -0.25) is 14.6 Å². The number of hydrogen-bond donors (Lipinski definition) is 0. The number of benzene rings is 2. The van der Waals surface area contributed by atoms with Crippen LogP contribution in [0.15, 0.2) is 42.5 Å². The highest BCUT2D eigenvalue weighted by atomic mass is 16.5. The largest absolute Gasteiger partial charge is 0.385 e. The second-order valence-electron chi connectivity index (χ2n) is 9.23. The Bertz CT molecular complexity index is 986. The van der Waals surface area contributed by atoms with Crippen LogP contribution in [0.25, 0.3) is 10.8 Å². The number of nitrogens with zero attached hydrogens (tertiary/aromatic N) is 3. The van der Waals surface area contributed by atoms with Gasteiger partial charge in [-0.15, -0.1) is 0 Å². The highest BCUT2D eigenvalue weighted by Gasteiger charge is 2.57. The van der Waals surface area contributed by atoms with Gasteiger partial charge in [0.05, 0.1) is 13.2 Å². The van der Waals surface area contributed by atoms with Crippen LogP contribution in [0.4, 0.5) is 4.79 Å². The first-order valence-corrected chi connectivity index (χ1v) is 11.8. The summed E-state index contributed by atoms with van der Waals surface area (Å²) in [7, 11) is 3.37. The van der Waals surface area contributed by atoms with Gasteiger partial charge in [0.25, 0.3) is 5.91 Å². The lowest BCUT2D eigenvalue weighted by atomic mass is 9.85. The minimum Gasteiger partial charge on any atom is -0.385 e. The molecule has 7 nitrogen and oxygen atoms in total. The number of likely N-dealkylation sites (tertiary alicyclic amines) is 1. The fourth-order valence-corrected chi connectivity index (χ4v) is 5.28. The standard InChI is InChI=1S/C26H35N3O4/c1-20(19-33-3)27-14-11-26(12-15-27)24(30)28(25(31)29(26)13-6-16-32-2)18-21-9-10-22-7-4-5-8-23(22)17-21/h4-5,7-10,17,20H,6,11-16,18-19H2,1-3H3/t20-/m1/s1. The van der Waals surface area contributed by atoms with Crippen molar-refractivity contribution in [3.05, 3.63) is 48.0 Å². The molecule has 2 saturated heterocycles. The maximum Gasteiger partial charge on any atom is 0.327 e. The van der Waals surface area contributed by atoms with E-state index >= 15 is 0 Å². The van der Waals surface area contributed by atoms with Crippen molar-refractivity contribution >= 4 is 22.7 Å². The highest BCUT2D eigenvalue weighted by molar-refractivity contribution is 6.07. The number of imide groups is 1. The number of ether oxygens (including phenoxy) is 2. The first-order chi connectivity index (χ1) is 16.0. The molecule has 0 aliphatic carbocycles. The normalized spacial score (nSPS) is 19.7. The van der Waals surface area contributed by atoms with Crippen LogP contribution in [0.2, 0.25) is 0 Å². The summed E-state index contributed by atoms with van der Waals surface area (Å²) in [6.07, 6.45) is 2.00. The summed E-state index contributed by atoms with van der Waals surface area (Å²) in [6.45, 7) is 5.74. The maximum absolute atomic E-state index is 13.8. The van der Waals surface area contributed by atoms with E-state index in [1.165, 1.54) is 4.90 Å². The molecule has 7 heteroatoms. The van der Waals surface area contributed by atoms with Gasteiger partial charge < -0.3 is 14.4 Å². The summed E-state index contributed by atoms with van der Waals surface area (Å²) in [5.74, 6) is -0.0582. The van der Waals surface area contributed by atoms with Crippen LogP contribution in [0.5, 0.6) is 0 Å². The highest BCUT2D eigenvalue weighted by Crippen LogP contribution is 2.38. The summed E-state index contributed by atoms with van der Waals surface area (Å²) in [4.78, 5) is 33.0. The summed E-state index contributed by atoms with van der Waals surface area (Å²) in [5.41, 5.74) is 0.209. The first kappa shape index (κ1) is 23.7. The number of fused-ring (bicyclic) bond motifs is 1. The fourth-order valence-electron chi connectivity index (χ4n) is 5.28. The molecule has 2 aromatic rings. The number of carbonyl (C=O) groups excluding carboxylic acids is 2. The van der Waals surface area contributed by atoms with E-state index in [4.69, 9.17) is 9.47 Å². The molecule has 2 heterocycles. The third kappa shape index (κ3) is 4.63. The number of rotatable bonds is 9. The smallest absolute Gasteiger partial charge is 0.327 e. The SMILES string of the molecule is COCCCN1C(=O)N(Cc2ccc3ccccc3c2)C(=O)C12CCN([C@H](C)COC)CC2. The average molecular weight is 454 g/mol. The molecule has 2 aliphatic rings. The molecule has 178 valence electrons. The molecule has 4 rings (SSSR count). The third-order valence-corrected chi connectivity index (χ3v) is 7.16. The predicted molar refractivity (Wildman–Crippen MR) is 128 cm³/mol. The summed E-state index contributed by atoms with van der Waals surface area (Å²) < 4.78 is 10.5. The van der Waals surface area contributed by atoms with E-state index in [0.717, 1.165) is 29.4 Å². The molecule has 33 heavy (non-hydrogen) atoms. The van der Waals surface area contributed by atoms with E-state index < -0.39 is 5.54 Å². The second kappa shape index (κ2) is 10.2. The summed E-state index contributed by atoms with van der Waals surface area (Å²) in [5, 5.41) is 2.26. The van der Waals surface area contributed by atoms with Gasteiger partial charge in [0.1, 0.15) is 5.54 Å². The molecule has 2 aromatic carbocycles. The molecule has 0 radical (unpaired) electrons. The Labute approximate surface area is 196 Å². The number of methoxy groups -OCH3 is 2. The van der Waals surface area contributed by atoms with Gasteiger partial charge in [-0.25, -0.2) is 4.79 Å². The molecule has 0 bridgehead atoms. The molecular formula is C26H35N3O4. The van der Waals surface area contributed by atoms with Gasteiger partial charge in [-0.1, -0.05) is 36.4 Å². The number of urea groups is 1. The van der Waals surface area contributed by atoms with Crippen molar-refractivity contribution in [3.63, 3.8) is 0 Å². The molecule has 1 spiro atoms. The van der Waals surface area contributed by atoms with Crippen molar-refractivity contribution in [1.82, 2.24) is 14.7 Å². The minimum atomic E-state index is -0.759. The van der Waals surface area contributed by atoms with Crippen molar-refractivity contribution in [2.45, 2.75) is 44.3 Å². The third-order valence-electron chi connectivity index (χ3n) is 7.16. The van der Waals surface area contributed by atoms with Crippen molar-refractivity contribution in [1.29, 1.82) is 0 Å². The van der Waals surface area contributed by atoms with Gasteiger partial charge in [0.2, 0.25) is 0 Å². The number of carbonyl (C=O) groups is 2. The van der Waals surface area contributed by atoms with Crippen LogP contribution in [-0.2, 0) is 20.8 Å². The van der Waals surface area contributed by atoms with Crippen LogP contribution in [-0.4, -0.2) is 85.3 Å². The van der Waals surface area contributed by atoms with E-state index in [-0.39, 0.29) is 18.0 Å². The van der Waals surface area contributed by atoms with E-state index in [0.29, 0.717) is 45.6 Å². The lowest BCUT2D eigenvalue weighted by molar-refractivity contribution is -0.136. The maximum atomic E-state index is 13.8. The zero-order valence-electron chi connectivity index (χ0n) is 20.0. The van der Waals surface area contributed by atoms with Crippen LogP contribution in [0, 0.1) is 0 Å². The van der Waals surface area contributed by atoms with Crippen LogP contribution >= 0.6 is 0 Å². The topological polar surface area (TPSA) is 62.3 Å². The number of piperidine rings is 1. The van der Waals surface area contributed by atoms with Gasteiger partial charge in [-0.05, 0) is 48.6 Å². The molecule has 1 atom stereocenters. The van der Waals surface area contributed by atoms with Gasteiger partial charge in [0.15, 0.2) is 0 Å². The van der Waals surface area contributed by atoms with E-state index in [1.54, 1.807) is 14.2 Å². The molecule has 3 amide bonds. The Balaban J connectivity index is 1.56. The zero-order chi connectivity index (χ0) is 23.4. The lowest BCUT2D eigenvalue weighted by Crippen LogP contribution is -2.58. The summed E-state index contributed by atoms with van der Waals surface area (Å²) in [6, 6.07) is 14.4. The van der Waals surface area contributed by atoms with Gasteiger partial charge in [-0.2, -0.15) is 0 Å². The quantitative estimate of drug-likeness (QED) is 0.430. The lowest BCUT2D eigenvalue weighted by Gasteiger charge is -2.44. The van der Waals surface area contributed by atoms with E-state index in [9.17, 15) is 9.59 Å². The number of amides is 3. The van der Waals surface area contributed by atoms with Crippen molar-refractivity contribution in [2.75, 3.05) is 47.1 Å². The zero-order valence-corrected chi connectivity index (χ0v) is 20.0. The molecular weight excluding hydrogens is 418 g/mol. The second-order valence-corrected chi connectivity index (χ2v) is 9.23. The van der Waals surface area contributed by atoms with Crippen molar-refractivity contribution in [2.24, 2.45) is 0 Å². The Morgan fingerprint density at radius 2 is 1.73 bits per heavy atom. The summed E-state index contributed by atoms with van der Waals surface area (Å²) >= 11 is 0. The van der Waals surface area contributed by atoms with E-state index in [2.05, 4.69) is 36.1 Å².